The van der Waals surface area contributed by atoms with Gasteiger partial charge in [-0.3, -0.25) is 25.0 Å². The summed E-state index contributed by atoms with van der Waals surface area (Å²) >= 11 is 0. The Morgan fingerprint density at radius 1 is 1.06 bits per heavy atom. The van der Waals surface area contributed by atoms with E-state index < -0.39 is 43.4 Å². The molecular formula is C21H26N4O7. The maximum atomic E-state index is 13.1. The van der Waals surface area contributed by atoms with Crippen LogP contribution >= 0.6 is 0 Å². The van der Waals surface area contributed by atoms with Gasteiger partial charge in [-0.2, -0.15) is 0 Å². The number of nitrogens with zero attached hydrogens (tertiary/aromatic N) is 3. The van der Waals surface area contributed by atoms with Gasteiger partial charge in [0.05, 0.1) is 32.6 Å². The van der Waals surface area contributed by atoms with Gasteiger partial charge in [-0.1, -0.05) is 25.9 Å². The summed E-state index contributed by atoms with van der Waals surface area (Å²) in [5.74, 6) is -1.11. The Morgan fingerprint density at radius 3 is 2.12 bits per heavy atom. The predicted octanol–water partition coefficient (Wildman–Crippen LogP) is 3.76. The Hall–Kier alpha value is -3.37. The maximum Gasteiger partial charge on any atom is 0.366 e. The van der Waals surface area contributed by atoms with Crippen molar-refractivity contribution in [2.24, 2.45) is 21.4 Å². The van der Waals surface area contributed by atoms with Crippen molar-refractivity contribution in [2.45, 2.75) is 59.9 Å². The highest BCUT2D eigenvalue weighted by atomic mass is 16.7. The molecule has 0 radical (unpaired) electrons. The van der Waals surface area contributed by atoms with Crippen LogP contribution in [-0.4, -0.2) is 33.5 Å². The van der Waals surface area contributed by atoms with Crippen molar-refractivity contribution in [3.05, 3.63) is 44.0 Å². The van der Waals surface area contributed by atoms with E-state index in [4.69, 9.17) is 4.84 Å². The van der Waals surface area contributed by atoms with Crippen LogP contribution in [0, 0.1) is 36.5 Å². The Balaban J connectivity index is 1.91. The number of hydrogen-bond donors (Lipinski definition) is 1. The fourth-order valence-electron chi connectivity index (χ4n) is 5.00. The number of fused-ring (bicyclic) bond motifs is 2. The minimum atomic E-state index is -1.05. The van der Waals surface area contributed by atoms with Gasteiger partial charge < -0.3 is 10.2 Å². The molecule has 2 aliphatic rings. The van der Waals surface area contributed by atoms with Crippen LogP contribution in [-0.2, 0) is 9.63 Å². The summed E-state index contributed by atoms with van der Waals surface area (Å²) in [7, 11) is 0. The average Bonchev–Trinajstić information content (AvgIpc) is 3.01. The van der Waals surface area contributed by atoms with Crippen molar-refractivity contribution in [3.63, 3.8) is 0 Å². The Labute approximate surface area is 184 Å². The summed E-state index contributed by atoms with van der Waals surface area (Å²) in [6.45, 7) is 9.77. The Kier molecular flexibility index (Phi) is 5.56. The zero-order valence-corrected chi connectivity index (χ0v) is 18.6. The number of benzene rings is 1. The van der Waals surface area contributed by atoms with Gasteiger partial charge >= 0.3 is 5.97 Å². The van der Waals surface area contributed by atoms with Crippen molar-refractivity contribution in [2.75, 3.05) is 0 Å². The smallest absolute Gasteiger partial charge is 0.353 e. The molecule has 0 spiro atoms. The van der Waals surface area contributed by atoms with Crippen LogP contribution in [0.25, 0.3) is 0 Å². The molecule has 3 rings (SSSR count). The van der Waals surface area contributed by atoms with E-state index in [1.165, 1.54) is 0 Å². The molecule has 2 saturated carbocycles. The maximum absolute atomic E-state index is 13.1. The summed E-state index contributed by atoms with van der Waals surface area (Å²) in [5.41, 5.74) is -2.63. The lowest BCUT2D eigenvalue weighted by Crippen LogP contribution is -2.48. The van der Waals surface area contributed by atoms with Gasteiger partial charge in [0.25, 0.3) is 11.4 Å². The molecule has 1 aromatic rings. The van der Waals surface area contributed by atoms with Crippen molar-refractivity contribution in [1.29, 1.82) is 0 Å². The minimum absolute atomic E-state index is 0.0250. The first-order valence-electron chi connectivity index (χ1n) is 10.3. The molecule has 0 saturated heterocycles. The van der Waals surface area contributed by atoms with Crippen LogP contribution in [0.15, 0.2) is 23.4 Å². The molecule has 1 N–H and O–H groups in total. The lowest BCUT2D eigenvalue weighted by atomic mass is 9.64. The minimum Gasteiger partial charge on any atom is -0.353 e. The number of nitro groups is 2. The summed E-state index contributed by atoms with van der Waals surface area (Å²) < 4.78 is 0. The van der Waals surface area contributed by atoms with Gasteiger partial charge in [0, 0.05) is 30.0 Å². The van der Waals surface area contributed by atoms with E-state index in [-0.39, 0.29) is 17.5 Å². The van der Waals surface area contributed by atoms with Gasteiger partial charge in [-0.05, 0) is 32.1 Å². The highest BCUT2D eigenvalue weighted by molar-refractivity contribution is 6.03. The van der Waals surface area contributed by atoms with E-state index in [0.717, 1.165) is 18.2 Å². The second-order valence-corrected chi connectivity index (χ2v) is 9.51. The van der Waals surface area contributed by atoms with Gasteiger partial charge in [-0.15, -0.1) is 0 Å². The number of carbonyl (C=O) groups is 2. The van der Waals surface area contributed by atoms with Crippen LogP contribution < -0.4 is 5.32 Å². The second kappa shape index (κ2) is 7.64. The van der Waals surface area contributed by atoms with Gasteiger partial charge in [0.15, 0.2) is 0 Å². The fourth-order valence-corrected chi connectivity index (χ4v) is 5.00. The average molecular weight is 446 g/mol. The van der Waals surface area contributed by atoms with E-state index in [1.807, 2.05) is 34.6 Å². The third kappa shape index (κ3) is 3.41. The molecular weight excluding hydrogens is 420 g/mol. The molecule has 172 valence electrons. The molecule has 0 aliphatic heterocycles. The number of nitrogens with one attached hydrogen (secondary N) is 1. The first-order valence-corrected chi connectivity index (χ1v) is 10.3. The van der Waals surface area contributed by atoms with E-state index in [9.17, 15) is 29.8 Å². The van der Waals surface area contributed by atoms with Crippen LogP contribution in [0.2, 0.25) is 0 Å². The van der Waals surface area contributed by atoms with Crippen LogP contribution in [0.3, 0.4) is 0 Å². The van der Waals surface area contributed by atoms with Crippen LogP contribution in [0.4, 0.5) is 11.4 Å². The van der Waals surface area contributed by atoms with E-state index in [1.54, 1.807) is 0 Å². The van der Waals surface area contributed by atoms with Crippen LogP contribution in [0.1, 0.15) is 64.2 Å². The lowest BCUT2D eigenvalue weighted by molar-refractivity contribution is -0.394. The number of rotatable bonds is 6. The third-order valence-corrected chi connectivity index (χ3v) is 7.39. The van der Waals surface area contributed by atoms with E-state index in [0.29, 0.717) is 25.0 Å². The van der Waals surface area contributed by atoms with E-state index >= 15 is 0 Å². The normalized spacial score (nSPS) is 26.9. The lowest BCUT2D eigenvalue weighted by Gasteiger charge is -2.39. The van der Waals surface area contributed by atoms with E-state index in [2.05, 4.69) is 10.5 Å². The molecule has 1 aromatic carbocycles. The molecule has 2 aliphatic carbocycles. The summed E-state index contributed by atoms with van der Waals surface area (Å²) in [6.07, 6.45) is 1.68. The number of carbonyl (C=O) groups excluding carboxylic acids is 2. The number of non-ortho nitro benzene ring substituents is 2. The van der Waals surface area contributed by atoms with Gasteiger partial charge in [0.2, 0.25) is 5.91 Å². The molecule has 32 heavy (non-hydrogen) atoms. The molecule has 11 nitrogen and oxygen atoms in total. The molecule has 1 amide bonds. The molecule has 0 aromatic heterocycles. The van der Waals surface area contributed by atoms with Crippen LogP contribution in [0.5, 0.6) is 0 Å². The Morgan fingerprint density at radius 2 is 1.62 bits per heavy atom. The first kappa shape index (κ1) is 23.3. The topological polar surface area (TPSA) is 154 Å². The zero-order valence-electron chi connectivity index (χ0n) is 18.6. The Bertz CT molecular complexity index is 1020. The molecule has 2 bridgehead atoms. The number of hydrogen-bond acceptors (Lipinski definition) is 8. The highest BCUT2D eigenvalue weighted by Crippen LogP contribution is 2.71. The predicted molar refractivity (Wildman–Crippen MR) is 114 cm³/mol. The first-order chi connectivity index (χ1) is 14.7. The van der Waals surface area contributed by atoms with Crippen molar-refractivity contribution in [1.82, 2.24) is 5.32 Å². The summed E-state index contributed by atoms with van der Waals surface area (Å²) in [5, 5.41) is 29.2. The molecule has 2 unspecified atom stereocenters. The molecule has 2 atom stereocenters. The van der Waals surface area contributed by atoms with Gasteiger partial charge in [-0.25, -0.2) is 4.79 Å². The van der Waals surface area contributed by atoms with Gasteiger partial charge in [0.1, 0.15) is 0 Å². The molecule has 0 heterocycles. The fraction of sp³-hybridized carbons (Fsp3) is 0.571. The highest BCUT2D eigenvalue weighted by Gasteiger charge is 2.71. The number of nitro benzene ring substituents is 2. The summed E-state index contributed by atoms with van der Waals surface area (Å²) in [6, 6.07) is 2.54. The zero-order chi connectivity index (χ0) is 24.1. The monoisotopic (exact) mass is 446 g/mol. The van der Waals surface area contributed by atoms with Crippen molar-refractivity contribution in [3.8, 4) is 0 Å². The molecule has 2 fully saturated rings. The number of amides is 1. The number of oxime groups is 1. The van der Waals surface area contributed by atoms with Crippen molar-refractivity contribution < 1.29 is 24.3 Å². The second-order valence-electron chi connectivity index (χ2n) is 9.51. The summed E-state index contributed by atoms with van der Waals surface area (Å²) in [4.78, 5) is 51.2. The quantitative estimate of drug-likeness (QED) is 0.396. The standard InChI is InChI=1S/C21H26N4O7/c1-12(2)22-18(27)21-7-6-20(5,19(21,3)4)16(11-21)23-32-17(26)13-8-14(24(28)29)10-15(9-13)25(30)31/h8-10,12H,6-7,11H2,1-5H3,(H,22,27). The third-order valence-electron chi connectivity index (χ3n) is 7.39. The SMILES string of the molecule is CC(C)NC(=O)C12CCC(C)(C(=NOC(=O)c3cc([N+](=O)[O-])cc([N+](=O)[O-])c3)C1)C2(C)C. The molecule has 11 heteroatoms. The van der Waals surface area contributed by atoms with Crippen molar-refractivity contribution >= 4 is 29.0 Å². The largest absolute Gasteiger partial charge is 0.366 e.